The smallest absolute Gasteiger partial charge is 0.223 e. The number of nitrogens with one attached hydrogen (secondary N) is 2. The van der Waals surface area contributed by atoms with Gasteiger partial charge in [0.25, 0.3) is 0 Å². The number of amides is 1. The fourth-order valence-electron chi connectivity index (χ4n) is 3.80. The molecule has 0 bridgehead atoms. The van der Waals surface area contributed by atoms with E-state index in [-0.39, 0.29) is 18.4 Å². The number of rotatable bonds is 8. The van der Waals surface area contributed by atoms with Crippen molar-refractivity contribution in [3.63, 3.8) is 0 Å². The van der Waals surface area contributed by atoms with Crippen molar-refractivity contribution >= 4 is 11.5 Å². The van der Waals surface area contributed by atoms with Crippen molar-refractivity contribution in [1.29, 1.82) is 0 Å². The van der Waals surface area contributed by atoms with E-state index in [1.54, 1.807) is 0 Å². The molecule has 1 heterocycles. The molecule has 0 spiro atoms. The van der Waals surface area contributed by atoms with Gasteiger partial charge in [-0.05, 0) is 80.8 Å². The Morgan fingerprint density at radius 3 is 2.63 bits per heavy atom. The van der Waals surface area contributed by atoms with E-state index in [9.17, 15) is 4.79 Å². The molecule has 0 radical (unpaired) electrons. The predicted octanol–water partition coefficient (Wildman–Crippen LogP) is 2.75. The SMILES string of the molecule is O=C(NCCCO)C1CC=C(c2ccc(OCC3CCNCC3)cc2)CC1. The summed E-state index contributed by atoms with van der Waals surface area (Å²) < 4.78 is 5.97. The van der Waals surface area contributed by atoms with Crippen LogP contribution in [-0.4, -0.2) is 43.9 Å². The highest BCUT2D eigenvalue weighted by Gasteiger charge is 2.21. The fraction of sp³-hybridized carbons (Fsp3) is 0.591. The molecule has 3 rings (SSSR count). The molecular formula is C22H32N2O3. The lowest BCUT2D eigenvalue weighted by atomic mass is 9.86. The van der Waals surface area contributed by atoms with Crippen molar-refractivity contribution < 1.29 is 14.6 Å². The van der Waals surface area contributed by atoms with Gasteiger partial charge in [0.2, 0.25) is 5.91 Å². The van der Waals surface area contributed by atoms with Gasteiger partial charge in [0.05, 0.1) is 6.61 Å². The maximum absolute atomic E-state index is 12.1. The number of piperidine rings is 1. The van der Waals surface area contributed by atoms with Crippen molar-refractivity contribution in [3.8, 4) is 5.75 Å². The molecule has 148 valence electrons. The van der Waals surface area contributed by atoms with Gasteiger partial charge in [0, 0.05) is 19.1 Å². The molecule has 1 unspecified atom stereocenters. The molecule has 1 aliphatic carbocycles. The molecule has 1 saturated heterocycles. The van der Waals surface area contributed by atoms with Crippen molar-refractivity contribution in [2.24, 2.45) is 11.8 Å². The molecule has 27 heavy (non-hydrogen) atoms. The Balaban J connectivity index is 1.46. The molecule has 0 aromatic heterocycles. The summed E-state index contributed by atoms with van der Waals surface area (Å²) in [5.41, 5.74) is 2.54. The van der Waals surface area contributed by atoms with Crippen LogP contribution in [0.25, 0.3) is 5.57 Å². The molecule has 1 atom stereocenters. The molecule has 3 N–H and O–H groups in total. The van der Waals surface area contributed by atoms with Crippen LogP contribution in [0.15, 0.2) is 30.3 Å². The Bertz CT molecular complexity index is 621. The lowest BCUT2D eigenvalue weighted by Gasteiger charge is -2.23. The van der Waals surface area contributed by atoms with Gasteiger partial charge in [-0.1, -0.05) is 18.2 Å². The van der Waals surface area contributed by atoms with Gasteiger partial charge < -0.3 is 20.5 Å². The van der Waals surface area contributed by atoms with Gasteiger partial charge in [-0.2, -0.15) is 0 Å². The number of carbonyl (C=O) groups is 1. The minimum Gasteiger partial charge on any atom is -0.493 e. The van der Waals surface area contributed by atoms with Crippen LogP contribution in [0.5, 0.6) is 5.75 Å². The number of ether oxygens (including phenoxy) is 1. The number of allylic oxidation sites excluding steroid dienone is 2. The molecule has 1 amide bonds. The molecule has 1 aliphatic heterocycles. The van der Waals surface area contributed by atoms with Gasteiger partial charge in [-0.3, -0.25) is 4.79 Å². The first-order valence-electron chi connectivity index (χ1n) is 10.3. The van der Waals surface area contributed by atoms with Crippen LogP contribution in [0.1, 0.15) is 44.1 Å². The van der Waals surface area contributed by atoms with Crippen molar-refractivity contribution in [3.05, 3.63) is 35.9 Å². The second kappa shape index (κ2) is 10.5. The first kappa shape index (κ1) is 19.9. The lowest BCUT2D eigenvalue weighted by molar-refractivity contribution is -0.125. The highest BCUT2D eigenvalue weighted by Crippen LogP contribution is 2.31. The van der Waals surface area contributed by atoms with Gasteiger partial charge >= 0.3 is 0 Å². The molecule has 1 fully saturated rings. The van der Waals surface area contributed by atoms with Gasteiger partial charge in [0.1, 0.15) is 5.75 Å². The average Bonchev–Trinajstić information content (AvgIpc) is 2.74. The van der Waals surface area contributed by atoms with Gasteiger partial charge in [0.15, 0.2) is 0 Å². The monoisotopic (exact) mass is 372 g/mol. The van der Waals surface area contributed by atoms with Crippen molar-refractivity contribution in [1.82, 2.24) is 10.6 Å². The second-order valence-corrected chi connectivity index (χ2v) is 7.60. The van der Waals surface area contributed by atoms with Crippen LogP contribution in [0, 0.1) is 11.8 Å². The molecule has 1 aromatic carbocycles. The number of benzene rings is 1. The van der Waals surface area contributed by atoms with E-state index >= 15 is 0 Å². The fourth-order valence-corrected chi connectivity index (χ4v) is 3.80. The minimum atomic E-state index is 0.0556. The molecular weight excluding hydrogens is 340 g/mol. The highest BCUT2D eigenvalue weighted by atomic mass is 16.5. The molecule has 1 aromatic rings. The van der Waals surface area contributed by atoms with Crippen LogP contribution in [0.2, 0.25) is 0 Å². The summed E-state index contributed by atoms with van der Waals surface area (Å²) in [6.07, 6.45) is 7.79. The van der Waals surface area contributed by atoms with E-state index < -0.39 is 0 Å². The minimum absolute atomic E-state index is 0.0556. The number of aliphatic hydroxyl groups is 1. The summed E-state index contributed by atoms with van der Waals surface area (Å²) in [5.74, 6) is 1.77. The van der Waals surface area contributed by atoms with Crippen molar-refractivity contribution in [2.45, 2.75) is 38.5 Å². The third-order valence-electron chi connectivity index (χ3n) is 5.59. The number of hydrogen-bond donors (Lipinski definition) is 3. The normalized spacial score (nSPS) is 20.8. The average molecular weight is 373 g/mol. The predicted molar refractivity (Wildman–Crippen MR) is 108 cm³/mol. The maximum atomic E-state index is 12.1. The second-order valence-electron chi connectivity index (χ2n) is 7.60. The van der Waals surface area contributed by atoms with Crippen molar-refractivity contribution in [2.75, 3.05) is 32.8 Å². The zero-order chi connectivity index (χ0) is 18.9. The lowest BCUT2D eigenvalue weighted by Crippen LogP contribution is -2.32. The number of hydrogen-bond acceptors (Lipinski definition) is 4. The first-order valence-corrected chi connectivity index (χ1v) is 10.3. The first-order chi connectivity index (χ1) is 13.3. The van der Waals surface area contributed by atoms with Crippen LogP contribution in [0.4, 0.5) is 0 Å². The standard InChI is InChI=1S/C22H32N2O3/c25-15-1-12-24-22(26)20-4-2-18(3-5-20)19-6-8-21(9-7-19)27-16-17-10-13-23-14-11-17/h2,6-9,17,20,23,25H,1,3-5,10-16H2,(H,24,26). The largest absolute Gasteiger partial charge is 0.493 e. The summed E-state index contributed by atoms with van der Waals surface area (Å²) in [7, 11) is 0. The number of carbonyl (C=O) groups excluding carboxylic acids is 1. The molecule has 5 nitrogen and oxygen atoms in total. The Labute approximate surface area is 162 Å². The molecule has 5 heteroatoms. The number of aliphatic hydroxyl groups excluding tert-OH is 1. The summed E-state index contributed by atoms with van der Waals surface area (Å²) in [5, 5.41) is 15.1. The van der Waals surface area contributed by atoms with E-state index in [4.69, 9.17) is 9.84 Å². The summed E-state index contributed by atoms with van der Waals surface area (Å²) in [6.45, 7) is 3.67. The Morgan fingerprint density at radius 2 is 1.96 bits per heavy atom. The topological polar surface area (TPSA) is 70.6 Å². The van der Waals surface area contributed by atoms with E-state index in [1.807, 2.05) is 0 Å². The summed E-state index contributed by atoms with van der Waals surface area (Å²) in [4.78, 5) is 12.1. The van der Waals surface area contributed by atoms with E-state index in [1.165, 1.54) is 24.0 Å². The zero-order valence-corrected chi connectivity index (χ0v) is 16.1. The summed E-state index contributed by atoms with van der Waals surface area (Å²) in [6, 6.07) is 8.38. The van der Waals surface area contributed by atoms with Crippen LogP contribution < -0.4 is 15.4 Å². The third-order valence-corrected chi connectivity index (χ3v) is 5.59. The third kappa shape index (κ3) is 6.08. The zero-order valence-electron chi connectivity index (χ0n) is 16.1. The highest BCUT2D eigenvalue weighted by molar-refractivity contribution is 5.80. The van der Waals surface area contributed by atoms with E-state index in [2.05, 4.69) is 41.0 Å². The Morgan fingerprint density at radius 1 is 1.19 bits per heavy atom. The van der Waals surface area contributed by atoms with Crippen LogP contribution in [0.3, 0.4) is 0 Å². The van der Waals surface area contributed by atoms with E-state index in [0.717, 1.165) is 44.7 Å². The van der Waals surface area contributed by atoms with Crippen LogP contribution in [-0.2, 0) is 4.79 Å². The van der Waals surface area contributed by atoms with E-state index in [0.29, 0.717) is 18.9 Å². The Hall–Kier alpha value is -1.85. The van der Waals surface area contributed by atoms with Crippen LogP contribution >= 0.6 is 0 Å². The Kier molecular flexibility index (Phi) is 7.72. The summed E-state index contributed by atoms with van der Waals surface area (Å²) >= 11 is 0. The quantitative estimate of drug-likeness (QED) is 0.614. The van der Waals surface area contributed by atoms with Gasteiger partial charge in [-0.25, -0.2) is 0 Å². The molecule has 2 aliphatic rings. The molecule has 0 saturated carbocycles. The van der Waals surface area contributed by atoms with Gasteiger partial charge in [-0.15, -0.1) is 0 Å². The maximum Gasteiger partial charge on any atom is 0.223 e.